The number of carbonyl (C=O) groups excluding carboxylic acids is 1. The van der Waals surface area contributed by atoms with E-state index in [1.165, 1.54) is 0 Å². The summed E-state index contributed by atoms with van der Waals surface area (Å²) in [7, 11) is 0. The molecule has 64 valence electrons. The van der Waals surface area contributed by atoms with Crippen molar-refractivity contribution < 1.29 is 9.90 Å². The van der Waals surface area contributed by atoms with Gasteiger partial charge in [-0.15, -0.1) is 0 Å². The Bertz CT molecular complexity index is 312. The zero-order valence-electron chi connectivity index (χ0n) is 6.25. The summed E-state index contributed by atoms with van der Waals surface area (Å²) in [5.74, 6) is -0.527. The highest BCUT2D eigenvalue weighted by Crippen LogP contribution is 2.16. The number of aliphatic hydroxyl groups is 1. The molecule has 3 nitrogen and oxygen atoms in total. The average Bonchev–Trinajstić information content (AvgIpc) is 2.04. The number of primary amides is 1. The van der Waals surface area contributed by atoms with E-state index in [0.29, 0.717) is 11.1 Å². The maximum Gasteiger partial charge on any atom is 0.249 e. The number of halogens is 1. The van der Waals surface area contributed by atoms with Crippen LogP contribution in [0.1, 0.15) is 15.9 Å². The minimum atomic E-state index is -0.527. The van der Waals surface area contributed by atoms with Crippen LogP contribution in [-0.2, 0) is 6.61 Å². The standard InChI is InChI=1S/C8H8BrNO2/c9-6-2-1-5(4-11)7(3-6)8(10)12/h1-3,11H,4H2,(H2,10,12). The summed E-state index contributed by atoms with van der Waals surface area (Å²) >= 11 is 3.20. The summed E-state index contributed by atoms with van der Waals surface area (Å²) in [6.45, 7) is -0.175. The first-order valence-corrected chi connectivity index (χ1v) is 4.13. The van der Waals surface area contributed by atoms with Gasteiger partial charge in [-0.1, -0.05) is 22.0 Å². The first kappa shape index (κ1) is 9.22. The van der Waals surface area contributed by atoms with E-state index in [0.717, 1.165) is 4.47 Å². The molecule has 4 heteroatoms. The molecule has 1 aromatic carbocycles. The first-order chi connectivity index (χ1) is 5.65. The van der Waals surface area contributed by atoms with Crippen molar-refractivity contribution in [1.29, 1.82) is 0 Å². The Hall–Kier alpha value is -0.870. The van der Waals surface area contributed by atoms with Crippen LogP contribution in [0.4, 0.5) is 0 Å². The lowest BCUT2D eigenvalue weighted by Crippen LogP contribution is -2.13. The molecule has 0 aromatic heterocycles. The number of benzene rings is 1. The van der Waals surface area contributed by atoms with Gasteiger partial charge in [-0.3, -0.25) is 4.79 Å². The second-order valence-electron chi connectivity index (χ2n) is 2.32. The van der Waals surface area contributed by atoms with Gasteiger partial charge in [0.2, 0.25) is 5.91 Å². The zero-order chi connectivity index (χ0) is 9.14. The van der Waals surface area contributed by atoms with Gasteiger partial charge in [-0.25, -0.2) is 0 Å². The number of hydrogen-bond donors (Lipinski definition) is 2. The molecule has 0 saturated heterocycles. The van der Waals surface area contributed by atoms with Crippen LogP contribution in [0.25, 0.3) is 0 Å². The Morgan fingerprint density at radius 2 is 2.25 bits per heavy atom. The van der Waals surface area contributed by atoms with Gasteiger partial charge in [0.1, 0.15) is 0 Å². The molecule has 0 aliphatic heterocycles. The molecular weight excluding hydrogens is 222 g/mol. The van der Waals surface area contributed by atoms with Crippen molar-refractivity contribution in [2.24, 2.45) is 5.73 Å². The van der Waals surface area contributed by atoms with Gasteiger partial charge in [0.25, 0.3) is 0 Å². The van der Waals surface area contributed by atoms with E-state index in [4.69, 9.17) is 10.8 Å². The fourth-order valence-electron chi connectivity index (χ4n) is 0.916. The molecule has 1 amide bonds. The highest BCUT2D eigenvalue weighted by atomic mass is 79.9. The van der Waals surface area contributed by atoms with Gasteiger partial charge in [-0.2, -0.15) is 0 Å². The normalized spacial score (nSPS) is 9.83. The van der Waals surface area contributed by atoms with Gasteiger partial charge < -0.3 is 10.8 Å². The van der Waals surface area contributed by atoms with Gasteiger partial charge in [0.15, 0.2) is 0 Å². The third kappa shape index (κ3) is 1.84. The van der Waals surface area contributed by atoms with Crippen molar-refractivity contribution in [2.75, 3.05) is 0 Å². The largest absolute Gasteiger partial charge is 0.392 e. The van der Waals surface area contributed by atoms with E-state index < -0.39 is 5.91 Å². The lowest BCUT2D eigenvalue weighted by molar-refractivity contribution is 0.0997. The first-order valence-electron chi connectivity index (χ1n) is 3.34. The van der Waals surface area contributed by atoms with Crippen molar-refractivity contribution in [1.82, 2.24) is 0 Å². The molecule has 12 heavy (non-hydrogen) atoms. The molecule has 0 aliphatic rings. The molecule has 0 unspecified atom stereocenters. The van der Waals surface area contributed by atoms with Crippen LogP contribution in [0.5, 0.6) is 0 Å². The number of rotatable bonds is 2. The molecule has 0 spiro atoms. The van der Waals surface area contributed by atoms with Crippen LogP contribution >= 0.6 is 15.9 Å². The van der Waals surface area contributed by atoms with Crippen LogP contribution < -0.4 is 5.73 Å². The van der Waals surface area contributed by atoms with Crippen LogP contribution in [0.15, 0.2) is 22.7 Å². The van der Waals surface area contributed by atoms with Gasteiger partial charge in [0, 0.05) is 10.0 Å². The van der Waals surface area contributed by atoms with Crippen molar-refractivity contribution in [3.8, 4) is 0 Å². The minimum absolute atomic E-state index is 0.175. The molecule has 0 radical (unpaired) electrons. The minimum Gasteiger partial charge on any atom is -0.392 e. The van der Waals surface area contributed by atoms with Gasteiger partial charge in [-0.05, 0) is 17.7 Å². The maximum absolute atomic E-state index is 10.8. The molecule has 0 fully saturated rings. The summed E-state index contributed by atoms with van der Waals surface area (Å²) < 4.78 is 0.772. The monoisotopic (exact) mass is 229 g/mol. The van der Waals surface area contributed by atoms with Gasteiger partial charge >= 0.3 is 0 Å². The highest BCUT2D eigenvalue weighted by Gasteiger charge is 2.06. The fourth-order valence-corrected chi connectivity index (χ4v) is 1.28. The Kier molecular flexibility index (Phi) is 2.83. The van der Waals surface area contributed by atoms with Crippen LogP contribution in [0.2, 0.25) is 0 Å². The molecule has 1 aromatic rings. The lowest BCUT2D eigenvalue weighted by Gasteiger charge is -2.02. The van der Waals surface area contributed by atoms with E-state index in [-0.39, 0.29) is 6.61 Å². The summed E-state index contributed by atoms with van der Waals surface area (Å²) in [6.07, 6.45) is 0. The summed E-state index contributed by atoms with van der Waals surface area (Å²) in [5.41, 5.74) is 5.99. The predicted molar refractivity (Wildman–Crippen MR) is 48.6 cm³/mol. The molecule has 3 N–H and O–H groups in total. The molecular formula is C8H8BrNO2. The number of amides is 1. The van der Waals surface area contributed by atoms with Crippen molar-refractivity contribution in [3.05, 3.63) is 33.8 Å². The SMILES string of the molecule is NC(=O)c1cc(Br)ccc1CO. The fraction of sp³-hybridized carbons (Fsp3) is 0.125. The summed E-state index contributed by atoms with van der Waals surface area (Å²) in [4.78, 5) is 10.8. The quantitative estimate of drug-likeness (QED) is 0.797. The molecule has 0 heterocycles. The zero-order valence-corrected chi connectivity index (χ0v) is 7.84. The van der Waals surface area contributed by atoms with Crippen molar-refractivity contribution >= 4 is 21.8 Å². The molecule has 0 atom stereocenters. The molecule has 0 aliphatic carbocycles. The summed E-state index contributed by atoms with van der Waals surface area (Å²) in [6, 6.07) is 5.00. The van der Waals surface area contributed by atoms with E-state index in [2.05, 4.69) is 15.9 Å². The van der Waals surface area contributed by atoms with Crippen molar-refractivity contribution in [3.63, 3.8) is 0 Å². The number of hydrogen-bond acceptors (Lipinski definition) is 2. The Morgan fingerprint density at radius 3 is 2.75 bits per heavy atom. The van der Waals surface area contributed by atoms with E-state index in [1.807, 2.05) is 0 Å². The maximum atomic E-state index is 10.8. The number of aliphatic hydroxyl groups excluding tert-OH is 1. The third-order valence-corrected chi connectivity index (χ3v) is 2.00. The average molecular weight is 230 g/mol. The highest BCUT2D eigenvalue weighted by molar-refractivity contribution is 9.10. The van der Waals surface area contributed by atoms with Crippen LogP contribution in [0.3, 0.4) is 0 Å². The third-order valence-electron chi connectivity index (χ3n) is 1.51. The second-order valence-corrected chi connectivity index (χ2v) is 3.24. The van der Waals surface area contributed by atoms with E-state index >= 15 is 0 Å². The topological polar surface area (TPSA) is 63.3 Å². The van der Waals surface area contributed by atoms with Crippen molar-refractivity contribution in [2.45, 2.75) is 6.61 Å². The predicted octanol–water partition coefficient (Wildman–Crippen LogP) is 1.04. The Morgan fingerprint density at radius 1 is 1.58 bits per heavy atom. The van der Waals surface area contributed by atoms with Gasteiger partial charge in [0.05, 0.1) is 6.61 Å². The second kappa shape index (κ2) is 3.69. The summed E-state index contributed by atoms with van der Waals surface area (Å²) in [5, 5.41) is 8.84. The smallest absolute Gasteiger partial charge is 0.249 e. The lowest BCUT2D eigenvalue weighted by atomic mass is 10.1. The molecule has 0 bridgehead atoms. The van der Waals surface area contributed by atoms with E-state index in [1.54, 1.807) is 18.2 Å². The van der Waals surface area contributed by atoms with Crippen LogP contribution in [-0.4, -0.2) is 11.0 Å². The van der Waals surface area contributed by atoms with E-state index in [9.17, 15) is 4.79 Å². The number of carbonyl (C=O) groups is 1. The number of nitrogens with two attached hydrogens (primary N) is 1. The Balaban J connectivity index is 3.21. The Labute approximate surface area is 78.3 Å². The molecule has 1 rings (SSSR count). The molecule has 0 saturated carbocycles. The van der Waals surface area contributed by atoms with Crippen LogP contribution in [0, 0.1) is 0 Å².